The monoisotopic (exact) mass is 361 g/mol. The van der Waals surface area contributed by atoms with E-state index in [9.17, 15) is 8.42 Å². The van der Waals surface area contributed by atoms with Crippen molar-refractivity contribution in [3.05, 3.63) is 42.9 Å². The zero-order valence-corrected chi connectivity index (χ0v) is 14.5. The summed E-state index contributed by atoms with van der Waals surface area (Å²) < 4.78 is 35.4. The molecule has 0 atom stereocenters. The summed E-state index contributed by atoms with van der Waals surface area (Å²) in [7, 11) is -3.31. The quantitative estimate of drug-likeness (QED) is 0.673. The molecule has 25 heavy (non-hydrogen) atoms. The lowest BCUT2D eigenvalue weighted by atomic mass is 10.3. The number of ether oxygens (including phenoxy) is 1. The van der Waals surface area contributed by atoms with Gasteiger partial charge in [-0.25, -0.2) is 17.9 Å². The summed E-state index contributed by atoms with van der Waals surface area (Å²) in [4.78, 5) is 4.40. The summed E-state index contributed by atoms with van der Waals surface area (Å²) in [5, 5.41) is 4.32. The fourth-order valence-corrected chi connectivity index (χ4v) is 4.40. The molecule has 0 saturated carbocycles. The summed E-state index contributed by atoms with van der Waals surface area (Å²) in [5.41, 5.74) is 1.80. The van der Waals surface area contributed by atoms with E-state index in [1.807, 2.05) is 28.8 Å². The van der Waals surface area contributed by atoms with Crippen LogP contribution in [0.1, 0.15) is 0 Å². The minimum Gasteiger partial charge on any atom is -0.379 e. The number of aryl methyl sites for hydroxylation is 1. The molecule has 0 bridgehead atoms. The number of hydrogen-bond donors (Lipinski definition) is 0. The van der Waals surface area contributed by atoms with Crippen molar-refractivity contribution in [2.75, 3.05) is 32.1 Å². The molecule has 0 aliphatic carbocycles. The van der Waals surface area contributed by atoms with Gasteiger partial charge in [0.1, 0.15) is 5.69 Å². The van der Waals surface area contributed by atoms with Crippen LogP contribution in [0.15, 0.2) is 42.9 Å². The van der Waals surface area contributed by atoms with Gasteiger partial charge in [0, 0.05) is 32.0 Å². The van der Waals surface area contributed by atoms with Crippen molar-refractivity contribution in [2.45, 2.75) is 6.54 Å². The molecule has 1 fully saturated rings. The second kappa shape index (κ2) is 6.58. The van der Waals surface area contributed by atoms with E-state index < -0.39 is 10.0 Å². The van der Waals surface area contributed by atoms with Gasteiger partial charge >= 0.3 is 0 Å². The molecule has 9 heteroatoms. The number of aromatic nitrogens is 4. The lowest BCUT2D eigenvalue weighted by Gasteiger charge is -2.26. The first-order chi connectivity index (χ1) is 12.1. The Balaban J connectivity index is 1.57. The Labute approximate surface area is 145 Å². The summed E-state index contributed by atoms with van der Waals surface area (Å²) >= 11 is 0. The van der Waals surface area contributed by atoms with Crippen molar-refractivity contribution in [1.29, 1.82) is 0 Å². The van der Waals surface area contributed by atoms with Gasteiger partial charge in [-0.3, -0.25) is 0 Å². The fraction of sp³-hybridized carbons (Fsp3) is 0.375. The maximum absolute atomic E-state index is 12.5. The third-order valence-electron chi connectivity index (χ3n) is 4.32. The van der Waals surface area contributed by atoms with Crippen LogP contribution in [-0.4, -0.2) is 63.9 Å². The second-order valence-electron chi connectivity index (χ2n) is 5.85. The number of nitrogens with zero attached hydrogens (tertiary/aromatic N) is 5. The van der Waals surface area contributed by atoms with Gasteiger partial charge < -0.3 is 9.30 Å². The smallest absolute Gasteiger partial charge is 0.216 e. The minimum absolute atomic E-state index is 0.0332. The lowest BCUT2D eigenvalue weighted by Crippen LogP contribution is -2.42. The number of morpholine rings is 1. The molecular weight excluding hydrogens is 342 g/mol. The van der Waals surface area contributed by atoms with Crippen LogP contribution >= 0.6 is 0 Å². The molecule has 3 aromatic heterocycles. The molecule has 8 nitrogen and oxygen atoms in total. The predicted octanol–water partition coefficient (Wildman–Crippen LogP) is 0.860. The van der Waals surface area contributed by atoms with Gasteiger partial charge in [-0.15, -0.1) is 0 Å². The number of pyridine rings is 1. The van der Waals surface area contributed by atoms with Crippen LogP contribution in [0.5, 0.6) is 0 Å². The van der Waals surface area contributed by atoms with E-state index in [2.05, 4.69) is 10.1 Å². The lowest BCUT2D eigenvalue weighted by molar-refractivity contribution is 0.0730. The van der Waals surface area contributed by atoms with Crippen molar-refractivity contribution in [3.63, 3.8) is 0 Å². The van der Waals surface area contributed by atoms with Gasteiger partial charge in [0.25, 0.3) is 0 Å². The Morgan fingerprint density at radius 1 is 1.12 bits per heavy atom. The fourth-order valence-electron chi connectivity index (χ4n) is 3.01. The van der Waals surface area contributed by atoms with Gasteiger partial charge in [-0.2, -0.15) is 9.40 Å². The van der Waals surface area contributed by atoms with Crippen LogP contribution < -0.4 is 0 Å². The molecular formula is C16H19N5O3S. The van der Waals surface area contributed by atoms with Gasteiger partial charge in [0.2, 0.25) is 10.0 Å². The number of hydrogen-bond acceptors (Lipinski definition) is 5. The molecule has 0 unspecified atom stereocenters. The largest absolute Gasteiger partial charge is 0.379 e. The maximum Gasteiger partial charge on any atom is 0.216 e. The highest BCUT2D eigenvalue weighted by atomic mass is 32.2. The van der Waals surface area contributed by atoms with E-state index >= 15 is 0 Å². The summed E-state index contributed by atoms with van der Waals surface area (Å²) in [5.74, 6) is 0.734. The third-order valence-corrected chi connectivity index (χ3v) is 6.17. The van der Waals surface area contributed by atoms with Crippen molar-refractivity contribution in [2.24, 2.45) is 0 Å². The van der Waals surface area contributed by atoms with Gasteiger partial charge in [0.05, 0.1) is 30.7 Å². The average molecular weight is 361 g/mol. The Bertz CT molecular complexity index is 972. The number of sulfonamides is 1. The SMILES string of the molecule is O=S(=O)(CCn1ccnc1-c1cccc2ccnn12)N1CCOCC1. The van der Waals surface area contributed by atoms with E-state index in [0.29, 0.717) is 38.7 Å². The summed E-state index contributed by atoms with van der Waals surface area (Å²) in [6.07, 6.45) is 5.21. The summed E-state index contributed by atoms with van der Waals surface area (Å²) in [6, 6.07) is 7.75. The number of imidazole rings is 1. The van der Waals surface area contributed by atoms with Crippen molar-refractivity contribution in [3.8, 4) is 11.5 Å². The zero-order chi connectivity index (χ0) is 17.3. The predicted molar refractivity (Wildman–Crippen MR) is 92.6 cm³/mol. The molecule has 0 N–H and O–H groups in total. The zero-order valence-electron chi connectivity index (χ0n) is 13.7. The van der Waals surface area contributed by atoms with Crippen LogP contribution in [0.4, 0.5) is 0 Å². The molecule has 0 aromatic carbocycles. The molecule has 0 spiro atoms. The number of fused-ring (bicyclic) bond motifs is 1. The highest BCUT2D eigenvalue weighted by Crippen LogP contribution is 2.19. The van der Waals surface area contributed by atoms with E-state index in [1.165, 1.54) is 4.31 Å². The first kappa shape index (κ1) is 16.2. The Hall–Kier alpha value is -2.23. The van der Waals surface area contributed by atoms with E-state index in [-0.39, 0.29) is 5.75 Å². The molecule has 0 radical (unpaired) electrons. The minimum atomic E-state index is -3.31. The molecule has 1 aliphatic rings. The topological polar surface area (TPSA) is 81.7 Å². The third kappa shape index (κ3) is 3.17. The van der Waals surface area contributed by atoms with Crippen LogP contribution in [0, 0.1) is 0 Å². The maximum atomic E-state index is 12.5. The Morgan fingerprint density at radius 3 is 2.80 bits per heavy atom. The van der Waals surface area contributed by atoms with Crippen molar-refractivity contribution >= 4 is 15.5 Å². The highest BCUT2D eigenvalue weighted by molar-refractivity contribution is 7.89. The van der Waals surface area contributed by atoms with Crippen LogP contribution in [0.3, 0.4) is 0 Å². The van der Waals surface area contributed by atoms with Gasteiger partial charge in [0.15, 0.2) is 5.82 Å². The molecule has 4 heterocycles. The molecule has 1 aliphatic heterocycles. The molecule has 132 valence electrons. The van der Waals surface area contributed by atoms with Crippen LogP contribution in [0.25, 0.3) is 17.0 Å². The molecule has 4 rings (SSSR count). The average Bonchev–Trinajstić information content (AvgIpc) is 3.29. The first-order valence-corrected chi connectivity index (χ1v) is 9.76. The Kier molecular flexibility index (Phi) is 4.28. The van der Waals surface area contributed by atoms with Crippen LogP contribution in [0.2, 0.25) is 0 Å². The molecule has 3 aromatic rings. The second-order valence-corrected chi connectivity index (χ2v) is 7.94. The van der Waals surface area contributed by atoms with E-state index in [4.69, 9.17) is 4.74 Å². The van der Waals surface area contributed by atoms with E-state index in [0.717, 1.165) is 11.2 Å². The molecule has 0 amide bonds. The molecule has 1 saturated heterocycles. The van der Waals surface area contributed by atoms with Gasteiger partial charge in [-0.05, 0) is 18.2 Å². The number of rotatable bonds is 5. The van der Waals surface area contributed by atoms with Gasteiger partial charge in [-0.1, -0.05) is 6.07 Å². The normalized spacial score (nSPS) is 16.5. The van der Waals surface area contributed by atoms with E-state index in [1.54, 1.807) is 23.1 Å². The first-order valence-electron chi connectivity index (χ1n) is 8.15. The standard InChI is InChI=1S/C16H19N5O3S/c22-25(23,20-8-11-24-12-9-20)13-10-19-7-6-17-16(19)15-3-1-2-14-4-5-18-21(14)15/h1-7H,8-13H2. The van der Waals surface area contributed by atoms with Crippen molar-refractivity contribution in [1.82, 2.24) is 23.5 Å². The van der Waals surface area contributed by atoms with Crippen molar-refractivity contribution < 1.29 is 13.2 Å². The Morgan fingerprint density at radius 2 is 1.96 bits per heavy atom. The summed E-state index contributed by atoms with van der Waals surface area (Å²) in [6.45, 7) is 2.10. The van der Waals surface area contributed by atoms with Crippen LogP contribution in [-0.2, 0) is 21.3 Å². The highest BCUT2D eigenvalue weighted by Gasteiger charge is 2.24.